The van der Waals surface area contributed by atoms with E-state index in [1.165, 1.54) is 36.0 Å². The van der Waals surface area contributed by atoms with E-state index in [0.717, 1.165) is 36.1 Å². The zero-order valence-electron chi connectivity index (χ0n) is 15.8. The van der Waals surface area contributed by atoms with Crippen LogP contribution in [0, 0.1) is 5.92 Å². The molecular weight excluding hydrogens is 326 g/mol. The molecule has 0 radical (unpaired) electrons. The second kappa shape index (κ2) is 5.78. The molecule has 0 bridgehead atoms. The normalized spacial score (nSPS) is 31.3. The first-order valence-corrected chi connectivity index (χ1v) is 9.73. The van der Waals surface area contributed by atoms with Gasteiger partial charge < -0.3 is 19.5 Å². The molecule has 0 aromatic heterocycles. The molecule has 1 aromatic rings. The van der Waals surface area contributed by atoms with E-state index in [4.69, 9.17) is 14.2 Å². The molecule has 3 atom stereocenters. The molecule has 1 N–H and O–H groups in total. The second-order valence-electron chi connectivity index (χ2n) is 8.19. The lowest BCUT2D eigenvalue weighted by atomic mass is 9.62. The van der Waals surface area contributed by atoms with Gasteiger partial charge in [-0.1, -0.05) is 18.6 Å². The number of ether oxygens (including phenoxy) is 3. The van der Waals surface area contributed by atoms with Crippen molar-refractivity contribution in [1.29, 1.82) is 0 Å². The van der Waals surface area contributed by atoms with Crippen molar-refractivity contribution in [3.05, 3.63) is 46.7 Å². The number of nitrogens with one attached hydrogen (secondary N) is 1. The third kappa shape index (κ3) is 2.05. The van der Waals surface area contributed by atoms with E-state index < -0.39 is 0 Å². The third-order valence-electron chi connectivity index (χ3n) is 6.91. The van der Waals surface area contributed by atoms with Crippen LogP contribution in [0.5, 0.6) is 11.5 Å². The van der Waals surface area contributed by atoms with Crippen molar-refractivity contribution in [2.75, 3.05) is 20.8 Å². The van der Waals surface area contributed by atoms with Gasteiger partial charge in [0.25, 0.3) is 0 Å². The lowest BCUT2D eigenvalue weighted by molar-refractivity contribution is 0.117. The van der Waals surface area contributed by atoms with Gasteiger partial charge in [0.1, 0.15) is 5.76 Å². The number of methoxy groups -OCH3 is 2. The minimum atomic E-state index is -0.200. The van der Waals surface area contributed by atoms with E-state index >= 15 is 0 Å². The van der Waals surface area contributed by atoms with Gasteiger partial charge in [-0.15, -0.1) is 0 Å². The maximum absolute atomic E-state index is 6.45. The summed E-state index contributed by atoms with van der Waals surface area (Å²) in [6.07, 6.45) is 9.36. The van der Waals surface area contributed by atoms with Crippen molar-refractivity contribution in [2.24, 2.45) is 5.92 Å². The maximum atomic E-state index is 6.45. The van der Waals surface area contributed by atoms with Gasteiger partial charge in [0.15, 0.2) is 17.6 Å². The molecule has 1 heterocycles. The summed E-state index contributed by atoms with van der Waals surface area (Å²) >= 11 is 0. The zero-order chi connectivity index (χ0) is 17.9. The highest BCUT2D eigenvalue weighted by Crippen LogP contribution is 2.58. The summed E-state index contributed by atoms with van der Waals surface area (Å²) in [5.74, 6) is 3.45. The minimum absolute atomic E-state index is 0.120. The summed E-state index contributed by atoms with van der Waals surface area (Å²) in [6.45, 7) is 3.42. The van der Waals surface area contributed by atoms with E-state index in [-0.39, 0.29) is 11.5 Å². The van der Waals surface area contributed by atoms with Gasteiger partial charge in [0.05, 0.1) is 19.6 Å². The molecule has 0 unspecified atom stereocenters. The second-order valence-corrected chi connectivity index (χ2v) is 8.19. The van der Waals surface area contributed by atoms with Crippen LogP contribution < -0.4 is 14.8 Å². The fourth-order valence-corrected chi connectivity index (χ4v) is 5.23. The molecule has 4 nitrogen and oxygen atoms in total. The highest BCUT2D eigenvalue weighted by atomic mass is 16.6. The Morgan fingerprint density at radius 2 is 2.04 bits per heavy atom. The standard InChI is InChI=1S/C22H27NO3/c1-22-15-8-10-18(25-3)21(22)26-20-17(24-2)9-7-14(19(20)22)11-16(15)23-12-13-5-4-6-13/h7-10,13,16,21,23H,4-6,11-12H2,1-3H3/t16-,21+,22+/m0/s1. The molecule has 1 aliphatic heterocycles. The summed E-state index contributed by atoms with van der Waals surface area (Å²) in [5.41, 5.74) is 3.88. The first kappa shape index (κ1) is 16.2. The number of hydrogen-bond acceptors (Lipinski definition) is 4. The molecule has 26 heavy (non-hydrogen) atoms. The van der Waals surface area contributed by atoms with Gasteiger partial charge in [-0.3, -0.25) is 0 Å². The number of rotatable bonds is 5. The summed E-state index contributed by atoms with van der Waals surface area (Å²) < 4.78 is 17.7. The fourth-order valence-electron chi connectivity index (χ4n) is 5.23. The van der Waals surface area contributed by atoms with Crippen LogP contribution in [0.15, 0.2) is 35.6 Å². The Bertz CT molecular complexity index is 808. The van der Waals surface area contributed by atoms with Crippen LogP contribution in [-0.2, 0) is 16.6 Å². The van der Waals surface area contributed by atoms with Crippen LogP contribution >= 0.6 is 0 Å². The van der Waals surface area contributed by atoms with Crippen molar-refractivity contribution in [3.8, 4) is 11.5 Å². The quantitative estimate of drug-likeness (QED) is 0.879. The summed E-state index contributed by atoms with van der Waals surface area (Å²) in [4.78, 5) is 0. The van der Waals surface area contributed by atoms with E-state index in [2.05, 4.69) is 30.5 Å². The average molecular weight is 353 g/mol. The molecule has 1 saturated carbocycles. The van der Waals surface area contributed by atoms with E-state index in [9.17, 15) is 0 Å². The lowest BCUT2D eigenvalue weighted by Gasteiger charge is -2.44. The Kier molecular flexibility index (Phi) is 3.61. The molecule has 0 amide bonds. The summed E-state index contributed by atoms with van der Waals surface area (Å²) in [5, 5.41) is 3.87. The molecular formula is C22H27NO3. The van der Waals surface area contributed by atoms with Gasteiger partial charge in [-0.05, 0) is 61.9 Å². The van der Waals surface area contributed by atoms with Crippen LogP contribution in [0.3, 0.4) is 0 Å². The molecule has 3 aliphatic carbocycles. The molecule has 4 heteroatoms. The number of hydrogen-bond donors (Lipinski definition) is 1. The van der Waals surface area contributed by atoms with Crippen LogP contribution in [0.4, 0.5) is 0 Å². The van der Waals surface area contributed by atoms with Crippen molar-refractivity contribution < 1.29 is 14.2 Å². The Hall–Kier alpha value is -1.94. The summed E-state index contributed by atoms with van der Waals surface area (Å²) in [7, 11) is 3.44. The smallest absolute Gasteiger partial charge is 0.169 e. The van der Waals surface area contributed by atoms with Crippen LogP contribution in [0.25, 0.3) is 0 Å². The van der Waals surface area contributed by atoms with E-state index in [0.29, 0.717) is 6.04 Å². The molecule has 4 aliphatic rings. The van der Waals surface area contributed by atoms with Gasteiger partial charge in [0.2, 0.25) is 0 Å². The van der Waals surface area contributed by atoms with Crippen molar-refractivity contribution in [1.82, 2.24) is 5.32 Å². The van der Waals surface area contributed by atoms with Crippen molar-refractivity contribution in [3.63, 3.8) is 0 Å². The lowest BCUT2D eigenvalue weighted by Crippen LogP contribution is -2.52. The van der Waals surface area contributed by atoms with Gasteiger partial charge in [-0.2, -0.15) is 0 Å². The predicted molar refractivity (Wildman–Crippen MR) is 101 cm³/mol. The van der Waals surface area contributed by atoms with Crippen LogP contribution in [-0.4, -0.2) is 32.9 Å². The molecule has 0 spiro atoms. The van der Waals surface area contributed by atoms with Gasteiger partial charge >= 0.3 is 0 Å². The SMILES string of the molecule is COC1=CC=C2[C@@H](NCC3CCC3)Cc3ccc(OC)c4c3[C@]2(C)[C@@H]1O4. The third-order valence-corrected chi connectivity index (χ3v) is 6.91. The Morgan fingerprint density at radius 1 is 1.19 bits per heavy atom. The van der Waals surface area contributed by atoms with E-state index in [1.54, 1.807) is 14.2 Å². The Labute approximate surface area is 155 Å². The first-order valence-electron chi connectivity index (χ1n) is 9.73. The summed E-state index contributed by atoms with van der Waals surface area (Å²) in [6, 6.07) is 4.62. The molecule has 1 fully saturated rings. The minimum Gasteiger partial charge on any atom is -0.497 e. The number of allylic oxidation sites excluding steroid dienone is 2. The van der Waals surface area contributed by atoms with Gasteiger partial charge in [0, 0.05) is 11.6 Å². The molecule has 1 aromatic carbocycles. The van der Waals surface area contributed by atoms with Crippen molar-refractivity contribution >= 4 is 0 Å². The highest BCUT2D eigenvalue weighted by molar-refractivity contribution is 5.66. The Morgan fingerprint density at radius 3 is 2.73 bits per heavy atom. The van der Waals surface area contributed by atoms with Crippen molar-refractivity contribution in [2.45, 2.75) is 50.2 Å². The fraction of sp³-hybridized carbons (Fsp3) is 0.545. The molecule has 5 rings (SSSR count). The number of benzene rings is 1. The molecule has 138 valence electrons. The molecule has 0 saturated heterocycles. The van der Waals surface area contributed by atoms with Gasteiger partial charge in [-0.25, -0.2) is 0 Å². The highest BCUT2D eigenvalue weighted by Gasteiger charge is 2.57. The zero-order valence-corrected chi connectivity index (χ0v) is 15.8. The largest absolute Gasteiger partial charge is 0.497 e. The Balaban J connectivity index is 1.60. The maximum Gasteiger partial charge on any atom is 0.169 e. The monoisotopic (exact) mass is 353 g/mol. The average Bonchev–Trinajstić information content (AvgIpc) is 2.93. The predicted octanol–water partition coefficient (Wildman–Crippen LogP) is 3.50. The van der Waals surface area contributed by atoms with Crippen LogP contribution in [0.1, 0.15) is 37.3 Å². The topological polar surface area (TPSA) is 39.7 Å². The first-order chi connectivity index (χ1) is 12.7. The van der Waals surface area contributed by atoms with E-state index in [1.807, 2.05) is 6.07 Å². The van der Waals surface area contributed by atoms with Crippen LogP contribution in [0.2, 0.25) is 0 Å².